The number of hydrazine groups is 1. The molecule has 0 bridgehead atoms. The van der Waals surface area contributed by atoms with Crippen LogP contribution in [0.4, 0.5) is 0 Å². The lowest BCUT2D eigenvalue weighted by Crippen LogP contribution is -2.28. The summed E-state index contributed by atoms with van der Waals surface area (Å²) in [7, 11) is 0. The van der Waals surface area contributed by atoms with E-state index in [4.69, 9.17) is 5.84 Å². The zero-order chi connectivity index (χ0) is 11.1. The summed E-state index contributed by atoms with van der Waals surface area (Å²) in [6.45, 7) is 10.3. The van der Waals surface area contributed by atoms with Crippen LogP contribution in [0.3, 0.4) is 0 Å². The summed E-state index contributed by atoms with van der Waals surface area (Å²) in [6, 6.07) is 0. The molecule has 0 unspecified atom stereocenters. The smallest absolute Gasteiger partial charge is 0.0525 e. The van der Waals surface area contributed by atoms with Gasteiger partial charge in [0.1, 0.15) is 0 Å². The largest absolute Gasteiger partial charge is 0.284 e. The van der Waals surface area contributed by atoms with E-state index >= 15 is 0 Å². The van der Waals surface area contributed by atoms with E-state index in [0.29, 0.717) is 0 Å². The molecule has 0 aromatic rings. The maximum Gasteiger partial charge on any atom is 0.0525 e. The van der Waals surface area contributed by atoms with Crippen LogP contribution in [0.2, 0.25) is 0 Å². The van der Waals surface area contributed by atoms with Gasteiger partial charge in [-0.2, -0.15) is 0 Å². The molecule has 0 aromatic carbocycles. The topological polar surface area (TPSA) is 29.3 Å². The van der Waals surface area contributed by atoms with Crippen LogP contribution < -0.4 is 5.84 Å². The molecular formula is C12H22N2. The zero-order valence-electron chi connectivity index (χ0n) is 9.96. The van der Waals surface area contributed by atoms with E-state index in [2.05, 4.69) is 26.8 Å². The number of rotatable bonds is 4. The van der Waals surface area contributed by atoms with Crippen LogP contribution in [-0.2, 0) is 0 Å². The maximum atomic E-state index is 5.97. The van der Waals surface area contributed by atoms with Crippen LogP contribution in [0, 0.1) is 0 Å². The SMILES string of the molecule is C/C=C(\C=C/CC)N(N)C(C)=C(C)C. The van der Waals surface area contributed by atoms with Crippen molar-refractivity contribution in [3.8, 4) is 0 Å². The van der Waals surface area contributed by atoms with Gasteiger partial charge in [-0.05, 0) is 40.2 Å². The fourth-order valence-corrected chi connectivity index (χ4v) is 0.989. The number of allylic oxidation sites excluding steroid dienone is 5. The van der Waals surface area contributed by atoms with Gasteiger partial charge >= 0.3 is 0 Å². The van der Waals surface area contributed by atoms with E-state index in [9.17, 15) is 0 Å². The molecule has 2 heteroatoms. The Bertz CT molecular complexity index is 255. The molecule has 0 spiro atoms. The molecule has 0 aromatic heterocycles. The lowest BCUT2D eigenvalue weighted by atomic mass is 10.2. The first-order valence-corrected chi connectivity index (χ1v) is 5.06. The summed E-state index contributed by atoms with van der Waals surface area (Å²) in [6.07, 6.45) is 7.19. The minimum absolute atomic E-state index is 1.03. The lowest BCUT2D eigenvalue weighted by Gasteiger charge is -2.21. The van der Waals surface area contributed by atoms with Crippen LogP contribution in [0.15, 0.2) is 35.2 Å². The van der Waals surface area contributed by atoms with E-state index in [0.717, 1.165) is 17.8 Å². The van der Waals surface area contributed by atoms with Gasteiger partial charge in [0.15, 0.2) is 0 Å². The Balaban J connectivity index is 4.74. The number of hydrogen-bond donors (Lipinski definition) is 1. The van der Waals surface area contributed by atoms with Crippen LogP contribution in [0.25, 0.3) is 0 Å². The third-order valence-corrected chi connectivity index (χ3v) is 2.18. The Kier molecular flexibility index (Phi) is 5.97. The summed E-state index contributed by atoms with van der Waals surface area (Å²) in [4.78, 5) is 0. The third-order valence-electron chi connectivity index (χ3n) is 2.18. The van der Waals surface area contributed by atoms with Crippen molar-refractivity contribution in [2.45, 2.75) is 41.0 Å². The molecule has 14 heavy (non-hydrogen) atoms. The highest BCUT2D eigenvalue weighted by atomic mass is 15.4. The van der Waals surface area contributed by atoms with Crippen LogP contribution in [-0.4, -0.2) is 5.01 Å². The highest BCUT2D eigenvalue weighted by Gasteiger charge is 2.03. The van der Waals surface area contributed by atoms with Crippen LogP contribution >= 0.6 is 0 Å². The molecule has 0 radical (unpaired) electrons. The fourth-order valence-electron chi connectivity index (χ4n) is 0.989. The van der Waals surface area contributed by atoms with Crippen molar-refractivity contribution in [1.29, 1.82) is 0 Å². The minimum atomic E-state index is 1.03. The molecule has 0 aliphatic heterocycles. The second-order valence-electron chi connectivity index (χ2n) is 3.48. The summed E-state index contributed by atoms with van der Waals surface area (Å²) in [5.41, 5.74) is 3.36. The van der Waals surface area contributed by atoms with Gasteiger partial charge in [-0.15, -0.1) is 0 Å². The van der Waals surface area contributed by atoms with Crippen molar-refractivity contribution in [2.75, 3.05) is 0 Å². The third kappa shape index (κ3) is 3.79. The first-order valence-electron chi connectivity index (χ1n) is 5.06. The van der Waals surface area contributed by atoms with E-state index in [1.54, 1.807) is 5.01 Å². The normalized spacial score (nSPS) is 12.0. The second kappa shape index (κ2) is 6.44. The first-order chi connectivity index (χ1) is 6.54. The molecule has 0 rings (SSSR count). The van der Waals surface area contributed by atoms with Gasteiger partial charge in [0.25, 0.3) is 0 Å². The summed E-state index contributed by atoms with van der Waals surface area (Å²) >= 11 is 0. The minimum Gasteiger partial charge on any atom is -0.284 e. The molecule has 0 saturated heterocycles. The van der Waals surface area contributed by atoms with Gasteiger partial charge in [-0.25, -0.2) is 5.84 Å². The molecule has 0 atom stereocenters. The second-order valence-corrected chi connectivity index (χ2v) is 3.48. The van der Waals surface area contributed by atoms with Gasteiger partial charge < -0.3 is 0 Å². The quantitative estimate of drug-likeness (QED) is 0.422. The highest BCUT2D eigenvalue weighted by Crippen LogP contribution is 2.12. The molecule has 0 amide bonds. The molecule has 2 N–H and O–H groups in total. The van der Waals surface area contributed by atoms with E-state index in [1.807, 2.05) is 26.0 Å². The monoisotopic (exact) mass is 194 g/mol. The summed E-state index contributed by atoms with van der Waals surface area (Å²) < 4.78 is 0. The number of hydrogen-bond acceptors (Lipinski definition) is 2. The maximum absolute atomic E-state index is 5.97. The highest BCUT2D eigenvalue weighted by molar-refractivity contribution is 5.22. The average molecular weight is 194 g/mol. The van der Waals surface area contributed by atoms with Crippen molar-refractivity contribution in [2.24, 2.45) is 5.84 Å². The van der Waals surface area contributed by atoms with Gasteiger partial charge in [-0.3, -0.25) is 5.01 Å². The van der Waals surface area contributed by atoms with Crippen LogP contribution in [0.5, 0.6) is 0 Å². The Hall–Kier alpha value is -1.02. The Morgan fingerprint density at radius 1 is 1.29 bits per heavy atom. The average Bonchev–Trinajstić information content (AvgIpc) is 2.17. The van der Waals surface area contributed by atoms with Crippen LogP contribution in [0.1, 0.15) is 41.0 Å². The lowest BCUT2D eigenvalue weighted by molar-refractivity contribution is 0.458. The first kappa shape index (κ1) is 13.0. The van der Waals surface area contributed by atoms with E-state index < -0.39 is 0 Å². The zero-order valence-corrected chi connectivity index (χ0v) is 9.96. The Morgan fingerprint density at radius 3 is 2.21 bits per heavy atom. The van der Waals surface area contributed by atoms with Crippen molar-refractivity contribution in [3.63, 3.8) is 0 Å². The molecule has 80 valence electrons. The number of nitrogens with zero attached hydrogens (tertiary/aromatic N) is 1. The molecule has 2 nitrogen and oxygen atoms in total. The van der Waals surface area contributed by atoms with Gasteiger partial charge in [0.05, 0.1) is 5.70 Å². The molecular weight excluding hydrogens is 172 g/mol. The fraction of sp³-hybridized carbons (Fsp3) is 0.500. The molecule has 0 fully saturated rings. The van der Waals surface area contributed by atoms with Gasteiger partial charge in [-0.1, -0.05) is 24.6 Å². The predicted octanol–water partition coefficient (Wildman–Crippen LogP) is 3.35. The van der Waals surface area contributed by atoms with Crippen molar-refractivity contribution in [1.82, 2.24) is 5.01 Å². The number of nitrogens with two attached hydrogens (primary N) is 1. The standard InChI is InChI=1S/C12H22N2/c1-6-8-9-12(7-2)14(13)11(5)10(3)4/h7-9H,6,13H2,1-5H3/b9-8-,12-7+. The summed E-state index contributed by atoms with van der Waals surface area (Å²) in [5, 5.41) is 1.72. The van der Waals surface area contributed by atoms with Crippen molar-refractivity contribution >= 4 is 0 Å². The van der Waals surface area contributed by atoms with Gasteiger partial charge in [0, 0.05) is 5.70 Å². The predicted molar refractivity (Wildman–Crippen MR) is 63.3 cm³/mol. The molecule has 0 saturated carbocycles. The summed E-state index contributed by atoms with van der Waals surface area (Å²) in [5.74, 6) is 5.97. The Morgan fingerprint density at radius 2 is 1.86 bits per heavy atom. The van der Waals surface area contributed by atoms with Crippen molar-refractivity contribution in [3.05, 3.63) is 35.2 Å². The molecule has 0 heterocycles. The van der Waals surface area contributed by atoms with Gasteiger partial charge in [0.2, 0.25) is 0 Å². The molecule has 0 aliphatic carbocycles. The van der Waals surface area contributed by atoms with Crippen molar-refractivity contribution < 1.29 is 0 Å². The van der Waals surface area contributed by atoms with E-state index in [-0.39, 0.29) is 0 Å². The van der Waals surface area contributed by atoms with E-state index in [1.165, 1.54) is 5.57 Å². The molecule has 0 aliphatic rings. The Labute approximate surface area is 87.8 Å².